The fourth-order valence-corrected chi connectivity index (χ4v) is 3.11. The molecule has 5 heteroatoms. The Kier molecular flexibility index (Phi) is 6.92. The second kappa shape index (κ2) is 9.16. The summed E-state index contributed by atoms with van der Waals surface area (Å²) in [6, 6.07) is 6.39. The zero-order valence-electron chi connectivity index (χ0n) is 14.5. The molecule has 0 spiro atoms. The summed E-state index contributed by atoms with van der Waals surface area (Å²) in [5, 5.41) is 0. The van der Waals surface area contributed by atoms with Crippen LogP contribution in [0.4, 0.5) is 4.39 Å². The van der Waals surface area contributed by atoms with Gasteiger partial charge < -0.3 is 9.80 Å². The molecule has 134 valence electrons. The third kappa shape index (κ3) is 5.28. The number of likely N-dealkylation sites (tertiary alicyclic amines) is 1. The van der Waals surface area contributed by atoms with Crippen molar-refractivity contribution in [1.29, 1.82) is 0 Å². The first kappa shape index (κ1) is 18.9. The molecule has 2 amide bonds. The van der Waals surface area contributed by atoms with Gasteiger partial charge in [-0.2, -0.15) is 0 Å². The van der Waals surface area contributed by atoms with Gasteiger partial charge in [0.15, 0.2) is 0 Å². The van der Waals surface area contributed by atoms with E-state index in [9.17, 15) is 14.0 Å². The average molecular weight is 344 g/mol. The summed E-state index contributed by atoms with van der Waals surface area (Å²) in [7, 11) is 0. The number of halogens is 1. The van der Waals surface area contributed by atoms with Crippen molar-refractivity contribution >= 4 is 11.8 Å². The number of rotatable bonds is 8. The summed E-state index contributed by atoms with van der Waals surface area (Å²) in [4.78, 5) is 28.3. The van der Waals surface area contributed by atoms with Crippen molar-refractivity contribution in [2.75, 3.05) is 26.2 Å². The molecule has 1 heterocycles. The second-order valence-corrected chi connectivity index (χ2v) is 6.28. The molecule has 1 unspecified atom stereocenters. The number of nitrogens with zero attached hydrogens (tertiary/aromatic N) is 2. The van der Waals surface area contributed by atoms with Gasteiger partial charge in [-0.05, 0) is 30.5 Å². The Hall–Kier alpha value is -2.43. The van der Waals surface area contributed by atoms with Crippen LogP contribution in [0, 0.1) is 11.7 Å². The molecule has 1 aliphatic heterocycles. The standard InChI is InChI=1S/C20H25FN2O2/c1-3-11-22(12-4-2)20(25)17-8-9-19(24)23(15-17)13-10-16-6-5-7-18(21)14-16/h3-7,14,17H,1-2,8-13,15H2. The van der Waals surface area contributed by atoms with Crippen molar-refractivity contribution in [1.82, 2.24) is 9.80 Å². The molecular weight excluding hydrogens is 319 g/mol. The van der Waals surface area contributed by atoms with Crippen LogP contribution < -0.4 is 0 Å². The minimum atomic E-state index is -0.278. The molecule has 4 nitrogen and oxygen atoms in total. The fourth-order valence-electron chi connectivity index (χ4n) is 3.11. The van der Waals surface area contributed by atoms with E-state index in [0.29, 0.717) is 45.4 Å². The molecule has 1 atom stereocenters. The smallest absolute Gasteiger partial charge is 0.228 e. The predicted molar refractivity (Wildman–Crippen MR) is 96.4 cm³/mol. The highest BCUT2D eigenvalue weighted by Crippen LogP contribution is 2.20. The molecular formula is C20H25FN2O2. The van der Waals surface area contributed by atoms with Crippen molar-refractivity contribution in [3.8, 4) is 0 Å². The zero-order valence-corrected chi connectivity index (χ0v) is 14.5. The Balaban J connectivity index is 1.97. The van der Waals surface area contributed by atoms with E-state index in [1.54, 1.807) is 28.0 Å². The van der Waals surface area contributed by atoms with Crippen molar-refractivity contribution in [3.63, 3.8) is 0 Å². The Morgan fingerprint density at radius 3 is 2.68 bits per heavy atom. The van der Waals surface area contributed by atoms with Gasteiger partial charge in [0.1, 0.15) is 5.82 Å². The summed E-state index contributed by atoms with van der Waals surface area (Å²) in [5.74, 6) is -0.396. The first-order valence-electron chi connectivity index (χ1n) is 8.58. The van der Waals surface area contributed by atoms with Crippen LogP contribution in [0.25, 0.3) is 0 Å². The highest BCUT2D eigenvalue weighted by atomic mass is 19.1. The van der Waals surface area contributed by atoms with E-state index in [4.69, 9.17) is 0 Å². The van der Waals surface area contributed by atoms with Gasteiger partial charge in [-0.3, -0.25) is 9.59 Å². The molecule has 0 bridgehead atoms. The average Bonchev–Trinajstić information content (AvgIpc) is 2.60. The van der Waals surface area contributed by atoms with Crippen LogP contribution in [0.15, 0.2) is 49.6 Å². The van der Waals surface area contributed by atoms with Crippen LogP contribution >= 0.6 is 0 Å². The van der Waals surface area contributed by atoms with Gasteiger partial charge in [0.25, 0.3) is 0 Å². The lowest BCUT2D eigenvalue weighted by molar-refractivity contribution is -0.142. The maximum absolute atomic E-state index is 13.3. The highest BCUT2D eigenvalue weighted by molar-refractivity contribution is 5.84. The lowest BCUT2D eigenvalue weighted by Gasteiger charge is -2.34. The van der Waals surface area contributed by atoms with Gasteiger partial charge in [0.2, 0.25) is 11.8 Å². The molecule has 1 saturated heterocycles. The van der Waals surface area contributed by atoms with Gasteiger partial charge in [-0.1, -0.05) is 24.3 Å². The van der Waals surface area contributed by atoms with E-state index >= 15 is 0 Å². The summed E-state index contributed by atoms with van der Waals surface area (Å²) >= 11 is 0. The van der Waals surface area contributed by atoms with E-state index in [1.165, 1.54) is 12.1 Å². The molecule has 1 aliphatic rings. The van der Waals surface area contributed by atoms with Crippen LogP contribution in [0.1, 0.15) is 18.4 Å². The molecule has 0 radical (unpaired) electrons. The molecule has 1 aromatic rings. The molecule has 25 heavy (non-hydrogen) atoms. The first-order valence-corrected chi connectivity index (χ1v) is 8.58. The lowest BCUT2D eigenvalue weighted by atomic mass is 9.95. The molecule has 0 aliphatic carbocycles. The fraction of sp³-hybridized carbons (Fsp3) is 0.400. The van der Waals surface area contributed by atoms with E-state index in [2.05, 4.69) is 13.2 Å². The number of carbonyl (C=O) groups excluding carboxylic acids is 2. The summed E-state index contributed by atoms with van der Waals surface area (Å²) in [6.45, 7) is 9.22. The van der Waals surface area contributed by atoms with Crippen LogP contribution in [-0.2, 0) is 16.0 Å². The van der Waals surface area contributed by atoms with Crippen molar-refractivity contribution in [2.24, 2.45) is 5.92 Å². The molecule has 1 aromatic carbocycles. The number of carbonyl (C=O) groups is 2. The molecule has 2 rings (SSSR count). The monoisotopic (exact) mass is 344 g/mol. The van der Waals surface area contributed by atoms with Crippen LogP contribution in [0.3, 0.4) is 0 Å². The topological polar surface area (TPSA) is 40.6 Å². The summed E-state index contributed by atoms with van der Waals surface area (Å²) < 4.78 is 13.3. The van der Waals surface area contributed by atoms with Gasteiger partial charge in [-0.15, -0.1) is 13.2 Å². The molecule has 0 saturated carbocycles. The third-order valence-corrected chi connectivity index (χ3v) is 4.42. The minimum absolute atomic E-state index is 0.0306. The third-order valence-electron chi connectivity index (χ3n) is 4.42. The summed E-state index contributed by atoms with van der Waals surface area (Å²) in [6.07, 6.45) is 4.90. The van der Waals surface area contributed by atoms with E-state index < -0.39 is 0 Å². The number of piperidine rings is 1. The normalized spacial score (nSPS) is 17.2. The predicted octanol–water partition coefficient (Wildman–Crippen LogP) is 2.81. The highest BCUT2D eigenvalue weighted by Gasteiger charge is 2.32. The van der Waals surface area contributed by atoms with Crippen LogP contribution in [0.5, 0.6) is 0 Å². The van der Waals surface area contributed by atoms with E-state index in [-0.39, 0.29) is 23.5 Å². The zero-order chi connectivity index (χ0) is 18.2. The maximum Gasteiger partial charge on any atom is 0.228 e. The minimum Gasteiger partial charge on any atom is -0.342 e. The SMILES string of the molecule is C=CCN(CC=C)C(=O)C1CCC(=O)N(CCc2cccc(F)c2)C1. The number of hydrogen-bond acceptors (Lipinski definition) is 2. The Morgan fingerprint density at radius 1 is 1.32 bits per heavy atom. The van der Waals surface area contributed by atoms with Gasteiger partial charge in [-0.25, -0.2) is 4.39 Å². The van der Waals surface area contributed by atoms with E-state index in [1.807, 2.05) is 6.07 Å². The Labute approximate surface area is 148 Å². The van der Waals surface area contributed by atoms with Crippen molar-refractivity contribution in [3.05, 3.63) is 61.0 Å². The van der Waals surface area contributed by atoms with Gasteiger partial charge in [0, 0.05) is 32.6 Å². The largest absolute Gasteiger partial charge is 0.342 e. The molecule has 0 N–H and O–H groups in total. The van der Waals surface area contributed by atoms with Gasteiger partial charge in [0.05, 0.1) is 5.92 Å². The quantitative estimate of drug-likeness (QED) is 0.681. The molecule has 1 fully saturated rings. The Bertz CT molecular complexity index is 634. The van der Waals surface area contributed by atoms with E-state index in [0.717, 1.165) is 5.56 Å². The van der Waals surface area contributed by atoms with Gasteiger partial charge >= 0.3 is 0 Å². The maximum atomic E-state index is 13.3. The lowest BCUT2D eigenvalue weighted by Crippen LogP contribution is -2.47. The molecule has 0 aromatic heterocycles. The van der Waals surface area contributed by atoms with Crippen molar-refractivity contribution < 1.29 is 14.0 Å². The first-order chi connectivity index (χ1) is 12.0. The van der Waals surface area contributed by atoms with Crippen LogP contribution in [-0.4, -0.2) is 47.8 Å². The number of hydrogen-bond donors (Lipinski definition) is 0. The number of benzene rings is 1. The Morgan fingerprint density at radius 2 is 2.04 bits per heavy atom. The second-order valence-electron chi connectivity index (χ2n) is 6.28. The summed E-state index contributed by atoms with van der Waals surface area (Å²) in [5.41, 5.74) is 0.848. The van der Waals surface area contributed by atoms with Crippen molar-refractivity contribution in [2.45, 2.75) is 19.3 Å². The number of amides is 2. The van der Waals surface area contributed by atoms with Crippen LogP contribution in [0.2, 0.25) is 0 Å².